The lowest BCUT2D eigenvalue weighted by Gasteiger charge is -2.37. The molecule has 186 valence electrons. The zero-order chi connectivity index (χ0) is 24.2. The number of aliphatic hydroxyl groups is 1. The maximum Gasteiger partial charge on any atom is 0.323 e. The second-order valence-electron chi connectivity index (χ2n) is 9.71. The number of para-hydroxylation sites is 1. The van der Waals surface area contributed by atoms with Crippen LogP contribution in [0.4, 0.5) is 16.2 Å². The first-order chi connectivity index (χ1) is 17.1. The molecule has 5 rings (SSSR count). The molecule has 35 heavy (non-hydrogen) atoms. The second-order valence-corrected chi connectivity index (χ2v) is 9.71. The second kappa shape index (κ2) is 10.7. The number of ether oxygens (including phenoxy) is 2. The molecular formula is C27H33N3O5. The molecule has 1 saturated heterocycles. The highest BCUT2D eigenvalue weighted by molar-refractivity contribution is 5.99. The van der Waals surface area contributed by atoms with E-state index in [9.17, 15) is 14.7 Å². The summed E-state index contributed by atoms with van der Waals surface area (Å²) in [5.74, 6) is 0.704. The van der Waals surface area contributed by atoms with Crippen LogP contribution in [0.15, 0.2) is 48.5 Å². The summed E-state index contributed by atoms with van der Waals surface area (Å²) >= 11 is 0. The number of rotatable bonds is 6. The van der Waals surface area contributed by atoms with Gasteiger partial charge in [-0.15, -0.1) is 0 Å². The van der Waals surface area contributed by atoms with Crippen molar-refractivity contribution in [3.05, 3.63) is 54.1 Å². The molecule has 2 fully saturated rings. The van der Waals surface area contributed by atoms with E-state index in [1.807, 2.05) is 42.5 Å². The predicted molar refractivity (Wildman–Crippen MR) is 133 cm³/mol. The molecule has 2 aliphatic heterocycles. The quantitative estimate of drug-likeness (QED) is 0.497. The van der Waals surface area contributed by atoms with Crippen LogP contribution in [-0.4, -0.2) is 48.0 Å². The van der Waals surface area contributed by atoms with E-state index in [-0.39, 0.29) is 49.1 Å². The Morgan fingerprint density at radius 1 is 0.971 bits per heavy atom. The Morgan fingerprint density at radius 2 is 1.74 bits per heavy atom. The number of hydrogen-bond donors (Lipinski definition) is 4. The zero-order valence-electron chi connectivity index (χ0n) is 19.7. The fourth-order valence-electron chi connectivity index (χ4n) is 5.52. The summed E-state index contributed by atoms with van der Waals surface area (Å²) in [6, 6.07) is 14.7. The molecule has 8 nitrogen and oxygen atoms in total. The highest BCUT2D eigenvalue weighted by Gasteiger charge is 2.46. The van der Waals surface area contributed by atoms with Crippen molar-refractivity contribution in [2.75, 3.05) is 17.2 Å². The van der Waals surface area contributed by atoms with Crippen LogP contribution in [0.3, 0.4) is 0 Å². The van der Waals surface area contributed by atoms with E-state index in [2.05, 4.69) is 16.0 Å². The van der Waals surface area contributed by atoms with Gasteiger partial charge in [0.25, 0.3) is 0 Å². The Morgan fingerprint density at radius 3 is 2.51 bits per heavy atom. The van der Waals surface area contributed by atoms with Gasteiger partial charge in [0, 0.05) is 28.9 Å². The third-order valence-corrected chi connectivity index (χ3v) is 7.17. The van der Waals surface area contributed by atoms with E-state index in [0.717, 1.165) is 37.0 Å². The smallest absolute Gasteiger partial charge is 0.323 e. The van der Waals surface area contributed by atoms with Gasteiger partial charge in [-0.3, -0.25) is 4.79 Å². The van der Waals surface area contributed by atoms with Crippen LogP contribution in [0.2, 0.25) is 0 Å². The highest BCUT2D eigenvalue weighted by Crippen LogP contribution is 2.47. The SMILES string of the molecule is O=C(C[C@@H]1C[C@@H]2c3cc(NC(=O)Nc4ccccc4)ccc3O[C@@H]2[C@H](CO)O1)NC1CCCCC1. The minimum atomic E-state index is -0.508. The number of urea groups is 1. The van der Waals surface area contributed by atoms with Gasteiger partial charge in [0.1, 0.15) is 18.0 Å². The Hall–Kier alpha value is -3.10. The Balaban J connectivity index is 1.24. The third kappa shape index (κ3) is 5.60. The average Bonchev–Trinajstić information content (AvgIpc) is 3.22. The Kier molecular flexibility index (Phi) is 7.20. The van der Waals surface area contributed by atoms with Gasteiger partial charge in [-0.1, -0.05) is 37.5 Å². The molecular weight excluding hydrogens is 446 g/mol. The fraction of sp³-hybridized carbons (Fsp3) is 0.481. The van der Waals surface area contributed by atoms with Gasteiger partial charge in [-0.05, 0) is 49.6 Å². The van der Waals surface area contributed by atoms with Crippen molar-refractivity contribution in [1.29, 1.82) is 0 Å². The van der Waals surface area contributed by atoms with Crippen LogP contribution in [0, 0.1) is 0 Å². The number of carbonyl (C=O) groups excluding carboxylic acids is 2. The number of benzene rings is 2. The lowest BCUT2D eigenvalue weighted by atomic mass is 9.84. The van der Waals surface area contributed by atoms with E-state index >= 15 is 0 Å². The van der Waals surface area contributed by atoms with Crippen molar-refractivity contribution in [3.63, 3.8) is 0 Å². The summed E-state index contributed by atoms with van der Waals surface area (Å²) in [5, 5.41) is 18.8. The number of fused-ring (bicyclic) bond motifs is 3. The summed E-state index contributed by atoms with van der Waals surface area (Å²) in [5.41, 5.74) is 2.33. The number of amides is 3. The molecule has 2 aromatic carbocycles. The first kappa shape index (κ1) is 23.6. The van der Waals surface area contributed by atoms with Gasteiger partial charge in [-0.25, -0.2) is 4.79 Å². The Bertz CT molecular complexity index is 1040. The van der Waals surface area contributed by atoms with Gasteiger partial charge in [0.15, 0.2) is 0 Å². The molecule has 8 heteroatoms. The normalized spacial score (nSPS) is 25.6. The van der Waals surface area contributed by atoms with Gasteiger partial charge in [0.2, 0.25) is 5.91 Å². The van der Waals surface area contributed by atoms with E-state index in [1.165, 1.54) is 6.42 Å². The number of carbonyl (C=O) groups is 2. The van der Waals surface area contributed by atoms with E-state index in [4.69, 9.17) is 9.47 Å². The van der Waals surface area contributed by atoms with Crippen LogP contribution in [-0.2, 0) is 9.53 Å². The molecule has 2 aromatic rings. The van der Waals surface area contributed by atoms with Gasteiger partial charge >= 0.3 is 6.03 Å². The molecule has 0 spiro atoms. The summed E-state index contributed by atoms with van der Waals surface area (Å²) in [7, 11) is 0. The number of nitrogens with one attached hydrogen (secondary N) is 3. The fourth-order valence-corrected chi connectivity index (χ4v) is 5.52. The van der Waals surface area contributed by atoms with Crippen LogP contribution < -0.4 is 20.7 Å². The van der Waals surface area contributed by atoms with Gasteiger partial charge < -0.3 is 30.5 Å². The minimum Gasteiger partial charge on any atom is -0.487 e. The van der Waals surface area contributed by atoms with Crippen molar-refractivity contribution < 1.29 is 24.2 Å². The lowest BCUT2D eigenvalue weighted by Crippen LogP contribution is -2.48. The van der Waals surface area contributed by atoms with Crippen molar-refractivity contribution >= 4 is 23.3 Å². The van der Waals surface area contributed by atoms with E-state index in [0.29, 0.717) is 17.8 Å². The van der Waals surface area contributed by atoms with Crippen LogP contribution in [0.1, 0.15) is 56.4 Å². The molecule has 3 aliphatic rings. The predicted octanol–water partition coefficient (Wildman–Crippen LogP) is 4.16. The number of hydrogen-bond acceptors (Lipinski definition) is 5. The summed E-state index contributed by atoms with van der Waals surface area (Å²) in [6.45, 7) is -0.180. The first-order valence-electron chi connectivity index (χ1n) is 12.6. The van der Waals surface area contributed by atoms with Crippen LogP contribution in [0.5, 0.6) is 5.75 Å². The average molecular weight is 480 g/mol. The topological polar surface area (TPSA) is 109 Å². The molecule has 0 radical (unpaired) electrons. The van der Waals surface area contributed by atoms with Crippen LogP contribution >= 0.6 is 0 Å². The largest absolute Gasteiger partial charge is 0.487 e. The summed E-state index contributed by atoms with van der Waals surface area (Å²) in [4.78, 5) is 25.1. The molecule has 0 bridgehead atoms. The molecule has 4 N–H and O–H groups in total. The molecule has 0 unspecified atom stereocenters. The molecule has 4 atom stereocenters. The maximum atomic E-state index is 12.7. The summed E-state index contributed by atoms with van der Waals surface area (Å²) < 4.78 is 12.2. The zero-order valence-corrected chi connectivity index (χ0v) is 19.7. The van der Waals surface area contributed by atoms with Crippen LogP contribution in [0.25, 0.3) is 0 Å². The standard InChI is InChI=1S/C27H33N3O5/c31-16-24-26-22(14-20(34-24)15-25(32)28-17-7-3-1-4-8-17)21-13-19(11-12-23(21)35-26)30-27(33)29-18-9-5-2-6-10-18/h2,5-6,9-13,17,20,22,24,26,31H,1,3-4,7-8,14-16H2,(H,28,32)(H2,29,30,33)/t20-,22+,24-,26-/m0/s1. The number of aliphatic hydroxyl groups excluding tert-OH is 1. The van der Waals surface area contributed by atoms with Gasteiger partial charge in [0.05, 0.1) is 19.1 Å². The molecule has 1 saturated carbocycles. The minimum absolute atomic E-state index is 0.00387. The lowest BCUT2D eigenvalue weighted by molar-refractivity contribution is -0.142. The van der Waals surface area contributed by atoms with E-state index in [1.54, 1.807) is 6.07 Å². The maximum absolute atomic E-state index is 12.7. The molecule has 1 aliphatic carbocycles. The van der Waals surface area contributed by atoms with Crippen molar-refractivity contribution in [2.24, 2.45) is 0 Å². The Labute approximate surface area is 205 Å². The highest BCUT2D eigenvalue weighted by atomic mass is 16.6. The molecule has 0 aromatic heterocycles. The van der Waals surface area contributed by atoms with Crippen molar-refractivity contribution in [1.82, 2.24) is 5.32 Å². The van der Waals surface area contributed by atoms with Crippen molar-refractivity contribution in [3.8, 4) is 5.75 Å². The molecule has 3 amide bonds. The molecule has 2 heterocycles. The summed E-state index contributed by atoms with van der Waals surface area (Å²) in [6.07, 6.45) is 5.39. The monoisotopic (exact) mass is 479 g/mol. The van der Waals surface area contributed by atoms with E-state index < -0.39 is 6.10 Å². The third-order valence-electron chi connectivity index (χ3n) is 7.17. The van der Waals surface area contributed by atoms with Gasteiger partial charge in [-0.2, -0.15) is 0 Å². The number of anilines is 2. The first-order valence-corrected chi connectivity index (χ1v) is 12.6. The van der Waals surface area contributed by atoms with Crippen molar-refractivity contribution in [2.45, 2.75) is 75.2 Å².